The summed E-state index contributed by atoms with van der Waals surface area (Å²) in [4.78, 5) is 6.62. The Bertz CT molecular complexity index is 721. The molecule has 0 bridgehead atoms. The van der Waals surface area contributed by atoms with E-state index in [9.17, 15) is 13.2 Å². The van der Waals surface area contributed by atoms with Gasteiger partial charge in [0.2, 0.25) is 17.8 Å². The van der Waals surface area contributed by atoms with Crippen LogP contribution >= 0.6 is 11.8 Å². The smallest absolute Gasteiger partial charge is 0.213 e. The summed E-state index contributed by atoms with van der Waals surface area (Å²) >= 11 is 1.54. The molecule has 6 heteroatoms. The lowest BCUT2D eigenvalue weighted by atomic mass is 10.2. The molecular formula is C17H13F3N2S. The molecule has 0 aliphatic rings. The maximum atomic E-state index is 12.8. The third kappa shape index (κ3) is 6.52. The number of aromatic nitrogens is 2. The van der Waals surface area contributed by atoms with Crippen LogP contribution in [0.3, 0.4) is 0 Å². The zero-order chi connectivity index (χ0) is 16.5. The summed E-state index contributed by atoms with van der Waals surface area (Å²) < 4.78 is 36.4. The van der Waals surface area contributed by atoms with Crippen LogP contribution in [0.5, 0.6) is 0 Å². The SMILES string of the molecule is Fc1cccc(F)n1.Fc1cccc(SCc2ccccc2)n1. The van der Waals surface area contributed by atoms with Gasteiger partial charge in [0.1, 0.15) is 0 Å². The average Bonchev–Trinajstić information content (AvgIpc) is 2.54. The van der Waals surface area contributed by atoms with Gasteiger partial charge >= 0.3 is 0 Å². The van der Waals surface area contributed by atoms with Crippen molar-refractivity contribution in [3.05, 3.63) is 90.1 Å². The molecule has 0 spiro atoms. The molecule has 0 unspecified atom stereocenters. The van der Waals surface area contributed by atoms with Crippen molar-refractivity contribution >= 4 is 11.8 Å². The van der Waals surface area contributed by atoms with E-state index in [1.807, 2.05) is 36.4 Å². The molecular weight excluding hydrogens is 321 g/mol. The highest BCUT2D eigenvalue weighted by molar-refractivity contribution is 7.98. The quantitative estimate of drug-likeness (QED) is 0.505. The number of rotatable bonds is 3. The molecule has 2 heterocycles. The van der Waals surface area contributed by atoms with Crippen LogP contribution in [0.25, 0.3) is 0 Å². The summed E-state index contributed by atoms with van der Waals surface area (Å²) in [6, 6.07) is 18.3. The van der Waals surface area contributed by atoms with Crippen molar-refractivity contribution < 1.29 is 13.2 Å². The fraction of sp³-hybridized carbons (Fsp3) is 0.0588. The molecule has 3 rings (SSSR count). The normalized spacial score (nSPS) is 9.87. The van der Waals surface area contributed by atoms with E-state index < -0.39 is 17.8 Å². The first-order valence-corrected chi connectivity index (χ1v) is 7.69. The van der Waals surface area contributed by atoms with Crippen molar-refractivity contribution in [1.82, 2.24) is 9.97 Å². The van der Waals surface area contributed by atoms with Crippen molar-refractivity contribution in [3.63, 3.8) is 0 Å². The van der Waals surface area contributed by atoms with E-state index in [0.29, 0.717) is 0 Å². The fourth-order valence-corrected chi connectivity index (χ4v) is 2.42. The second-order valence-electron chi connectivity index (χ2n) is 4.36. The molecule has 0 N–H and O–H groups in total. The number of benzene rings is 1. The molecule has 0 fully saturated rings. The number of pyridine rings is 2. The highest BCUT2D eigenvalue weighted by Crippen LogP contribution is 2.20. The van der Waals surface area contributed by atoms with Crippen LogP contribution in [0.1, 0.15) is 5.56 Å². The van der Waals surface area contributed by atoms with Crippen LogP contribution < -0.4 is 0 Å². The van der Waals surface area contributed by atoms with E-state index in [4.69, 9.17) is 0 Å². The number of nitrogens with zero attached hydrogens (tertiary/aromatic N) is 2. The van der Waals surface area contributed by atoms with E-state index in [0.717, 1.165) is 22.9 Å². The predicted octanol–water partition coefficient (Wildman–Crippen LogP) is 4.87. The first-order chi connectivity index (χ1) is 11.1. The number of halogens is 3. The lowest BCUT2D eigenvalue weighted by Gasteiger charge is -2.00. The minimum atomic E-state index is -0.787. The Hall–Kier alpha value is -2.34. The molecule has 2 aromatic heterocycles. The van der Waals surface area contributed by atoms with Crippen LogP contribution in [0, 0.1) is 17.8 Å². The Labute approximate surface area is 136 Å². The Morgan fingerprint density at radius 2 is 1.22 bits per heavy atom. The Morgan fingerprint density at radius 3 is 1.74 bits per heavy atom. The standard InChI is InChI=1S/C12H10FNS.C5H3F2N/c13-11-7-4-8-12(14-11)15-9-10-5-2-1-3-6-10;6-4-2-1-3-5(7)8-4/h1-8H,9H2;1-3H. The summed E-state index contributed by atoms with van der Waals surface area (Å²) in [7, 11) is 0. The molecule has 1 aromatic carbocycles. The van der Waals surface area contributed by atoms with Gasteiger partial charge in [-0.25, -0.2) is 4.98 Å². The number of hydrogen-bond donors (Lipinski definition) is 0. The monoisotopic (exact) mass is 334 g/mol. The van der Waals surface area contributed by atoms with Crippen LogP contribution in [0.15, 0.2) is 71.8 Å². The highest BCUT2D eigenvalue weighted by atomic mass is 32.2. The predicted molar refractivity (Wildman–Crippen MR) is 84.4 cm³/mol. The molecule has 0 aliphatic heterocycles. The molecule has 23 heavy (non-hydrogen) atoms. The average molecular weight is 334 g/mol. The topological polar surface area (TPSA) is 25.8 Å². The van der Waals surface area contributed by atoms with Gasteiger partial charge in [-0.05, 0) is 29.8 Å². The van der Waals surface area contributed by atoms with Crippen molar-refractivity contribution in [1.29, 1.82) is 0 Å². The lowest BCUT2D eigenvalue weighted by molar-refractivity contribution is 0.513. The first-order valence-electron chi connectivity index (χ1n) is 6.71. The Kier molecular flexibility index (Phi) is 6.62. The lowest BCUT2D eigenvalue weighted by Crippen LogP contribution is -1.85. The van der Waals surface area contributed by atoms with Gasteiger partial charge in [-0.1, -0.05) is 42.5 Å². The summed E-state index contributed by atoms with van der Waals surface area (Å²) in [5, 5.41) is 0.721. The van der Waals surface area contributed by atoms with E-state index in [1.54, 1.807) is 6.07 Å². The fourth-order valence-electron chi connectivity index (χ4n) is 1.59. The van der Waals surface area contributed by atoms with Crippen molar-refractivity contribution in [2.24, 2.45) is 0 Å². The Morgan fingerprint density at radius 1 is 0.652 bits per heavy atom. The van der Waals surface area contributed by atoms with Gasteiger partial charge in [-0.3, -0.25) is 0 Å². The van der Waals surface area contributed by atoms with E-state index in [-0.39, 0.29) is 0 Å². The maximum absolute atomic E-state index is 12.8. The highest BCUT2D eigenvalue weighted by Gasteiger charge is 1.98. The third-order valence-corrected chi connectivity index (χ3v) is 3.60. The van der Waals surface area contributed by atoms with Crippen LogP contribution in [-0.2, 0) is 5.75 Å². The minimum Gasteiger partial charge on any atom is -0.213 e. The number of thioether (sulfide) groups is 1. The second-order valence-corrected chi connectivity index (χ2v) is 5.35. The molecule has 2 nitrogen and oxygen atoms in total. The summed E-state index contributed by atoms with van der Waals surface area (Å²) in [5.41, 5.74) is 1.22. The largest absolute Gasteiger partial charge is 0.215 e. The summed E-state index contributed by atoms with van der Waals surface area (Å²) in [6.45, 7) is 0. The zero-order valence-electron chi connectivity index (χ0n) is 12.0. The molecule has 0 radical (unpaired) electrons. The summed E-state index contributed by atoms with van der Waals surface area (Å²) in [5.74, 6) is -1.18. The van der Waals surface area contributed by atoms with Gasteiger partial charge in [-0.15, -0.1) is 11.8 Å². The van der Waals surface area contributed by atoms with Gasteiger partial charge in [-0.2, -0.15) is 18.2 Å². The van der Waals surface area contributed by atoms with Crippen LogP contribution in [0.4, 0.5) is 13.2 Å². The van der Waals surface area contributed by atoms with Gasteiger partial charge < -0.3 is 0 Å². The van der Waals surface area contributed by atoms with E-state index in [1.165, 1.54) is 29.5 Å². The van der Waals surface area contributed by atoms with Crippen molar-refractivity contribution in [2.45, 2.75) is 10.8 Å². The van der Waals surface area contributed by atoms with Gasteiger partial charge in [0.15, 0.2) is 0 Å². The van der Waals surface area contributed by atoms with Crippen molar-refractivity contribution in [3.8, 4) is 0 Å². The summed E-state index contributed by atoms with van der Waals surface area (Å²) in [6.07, 6.45) is 0. The first kappa shape index (κ1) is 17.0. The van der Waals surface area contributed by atoms with E-state index >= 15 is 0 Å². The van der Waals surface area contributed by atoms with E-state index in [2.05, 4.69) is 9.97 Å². The van der Waals surface area contributed by atoms with Gasteiger partial charge in [0.05, 0.1) is 5.03 Å². The molecule has 118 valence electrons. The second kappa shape index (κ2) is 8.95. The molecule has 0 amide bonds. The molecule has 0 saturated heterocycles. The van der Waals surface area contributed by atoms with Crippen LogP contribution in [0.2, 0.25) is 0 Å². The molecule has 0 saturated carbocycles. The molecule has 0 aliphatic carbocycles. The van der Waals surface area contributed by atoms with Crippen LogP contribution in [-0.4, -0.2) is 9.97 Å². The van der Waals surface area contributed by atoms with Gasteiger partial charge in [0, 0.05) is 5.75 Å². The number of hydrogen-bond acceptors (Lipinski definition) is 3. The van der Waals surface area contributed by atoms with Gasteiger partial charge in [0.25, 0.3) is 0 Å². The molecule has 0 atom stereocenters. The third-order valence-electron chi connectivity index (χ3n) is 2.60. The minimum absolute atomic E-state index is 0.423. The van der Waals surface area contributed by atoms with Crippen molar-refractivity contribution in [2.75, 3.05) is 0 Å². The Balaban J connectivity index is 0.000000203. The maximum Gasteiger partial charge on any atom is 0.215 e. The molecule has 3 aromatic rings. The zero-order valence-corrected chi connectivity index (χ0v) is 12.8.